The van der Waals surface area contributed by atoms with Crippen molar-refractivity contribution >= 4 is 0 Å². The minimum atomic E-state index is 0. The van der Waals surface area contributed by atoms with Crippen molar-refractivity contribution in [1.29, 1.82) is 0 Å². The van der Waals surface area contributed by atoms with Crippen LogP contribution in [0, 0.1) is 0 Å². The van der Waals surface area contributed by atoms with Crippen LogP contribution in [0.4, 0.5) is 0 Å². The van der Waals surface area contributed by atoms with E-state index in [1.165, 1.54) is 12.7 Å². The van der Waals surface area contributed by atoms with Gasteiger partial charge < -0.3 is 26.0 Å². The molecule has 21 heavy (non-hydrogen) atoms. The summed E-state index contributed by atoms with van der Waals surface area (Å²) in [7, 11) is 0. The summed E-state index contributed by atoms with van der Waals surface area (Å²) in [5, 5.41) is 18.6. The van der Waals surface area contributed by atoms with E-state index in [1.807, 2.05) is 41.5 Å². The van der Waals surface area contributed by atoms with Crippen LogP contribution in [-0.4, -0.2) is 49.4 Å². The molecule has 0 amide bonds. The van der Waals surface area contributed by atoms with Crippen molar-refractivity contribution in [3.8, 4) is 0 Å². The van der Waals surface area contributed by atoms with Crippen molar-refractivity contribution in [2.75, 3.05) is 39.3 Å². The molecule has 1 aromatic heterocycles. The maximum absolute atomic E-state index is 3.97. The van der Waals surface area contributed by atoms with Gasteiger partial charge in [-0.3, -0.25) is 5.10 Å². The van der Waals surface area contributed by atoms with Gasteiger partial charge in [-0.2, -0.15) is 39.3 Å². The zero-order valence-electron chi connectivity index (χ0n) is 14.6. The number of rotatable bonds is 6. The topological polar surface area (TPSA) is 82.2 Å². The van der Waals surface area contributed by atoms with Crippen LogP contribution in [0.1, 0.15) is 41.5 Å². The molecule has 0 bridgehead atoms. The van der Waals surface area contributed by atoms with Crippen molar-refractivity contribution in [2.24, 2.45) is 0 Å². The van der Waals surface area contributed by atoms with Gasteiger partial charge in [0.15, 0.2) is 0 Å². The standard InChI is InChI=1S/3C4H10N.C2H2N3.Ti/c3*1-3-5-4-2;1-3-2-5-4-1;/h3*3-4H2,1-2H3;1-2H;/q4*-1;+4. The Hall–Kier alpha value is -0.266. The van der Waals surface area contributed by atoms with Crippen LogP contribution in [0.2, 0.25) is 0 Å². The van der Waals surface area contributed by atoms with Gasteiger partial charge in [0.1, 0.15) is 0 Å². The molecule has 0 unspecified atom stereocenters. The normalized spacial score (nSPS) is 7.90. The Morgan fingerprint density at radius 2 is 1.05 bits per heavy atom. The molecule has 0 aliphatic heterocycles. The largest absolute Gasteiger partial charge is 4.00 e. The van der Waals surface area contributed by atoms with Crippen molar-refractivity contribution in [3.63, 3.8) is 0 Å². The van der Waals surface area contributed by atoms with Gasteiger partial charge in [-0.05, 0) is 0 Å². The molecule has 7 heteroatoms. The van der Waals surface area contributed by atoms with Crippen molar-refractivity contribution < 1.29 is 21.7 Å². The SMILES string of the molecule is CC[N-]CC.CC[N-]CC.CC[N-]CC.[Ti+4].c1nc[n-]n1. The van der Waals surface area contributed by atoms with Gasteiger partial charge >= 0.3 is 21.7 Å². The van der Waals surface area contributed by atoms with E-state index in [0.717, 1.165) is 39.3 Å². The van der Waals surface area contributed by atoms with E-state index >= 15 is 0 Å². The van der Waals surface area contributed by atoms with Gasteiger partial charge in [-0.1, -0.05) is 47.9 Å². The number of hydrogen-bond donors (Lipinski definition) is 0. The quantitative estimate of drug-likeness (QED) is 0.746. The molecule has 0 saturated heterocycles. The van der Waals surface area contributed by atoms with Crippen LogP contribution >= 0.6 is 0 Å². The van der Waals surface area contributed by atoms with E-state index in [4.69, 9.17) is 0 Å². The third-order valence-corrected chi connectivity index (χ3v) is 1.64. The van der Waals surface area contributed by atoms with Crippen molar-refractivity contribution in [1.82, 2.24) is 15.2 Å². The van der Waals surface area contributed by atoms with Crippen molar-refractivity contribution in [2.45, 2.75) is 41.5 Å². The predicted octanol–water partition coefficient (Wildman–Crippen LogP) is 3.63. The van der Waals surface area contributed by atoms with E-state index in [0.29, 0.717) is 0 Å². The summed E-state index contributed by atoms with van der Waals surface area (Å²) in [5.41, 5.74) is 0. The molecule has 0 radical (unpaired) electrons. The monoisotopic (exact) mass is 332 g/mol. The fraction of sp³-hybridized carbons (Fsp3) is 0.857. The molecular weight excluding hydrogens is 300 g/mol. The van der Waals surface area contributed by atoms with Crippen LogP contribution < -0.4 is 5.10 Å². The van der Waals surface area contributed by atoms with Crippen LogP contribution in [0.3, 0.4) is 0 Å². The molecule has 122 valence electrons. The third kappa shape index (κ3) is 53.9. The first-order valence-electron chi connectivity index (χ1n) is 7.37. The fourth-order valence-corrected chi connectivity index (χ4v) is 0.820. The predicted molar refractivity (Wildman–Crippen MR) is 88.7 cm³/mol. The van der Waals surface area contributed by atoms with Crippen LogP contribution in [0.15, 0.2) is 12.7 Å². The molecule has 6 nitrogen and oxygen atoms in total. The van der Waals surface area contributed by atoms with Gasteiger partial charge in [-0.15, -0.1) is 0 Å². The second kappa shape index (κ2) is 36.7. The summed E-state index contributed by atoms with van der Waals surface area (Å²) in [6.45, 7) is 18.1. The van der Waals surface area contributed by atoms with Gasteiger partial charge in [0.2, 0.25) is 0 Å². The van der Waals surface area contributed by atoms with E-state index in [1.54, 1.807) is 0 Å². The molecule has 0 atom stereocenters. The summed E-state index contributed by atoms with van der Waals surface area (Å²) in [6.07, 6.45) is 2.78. The third-order valence-electron chi connectivity index (χ3n) is 1.64. The molecule has 0 N–H and O–H groups in total. The molecule has 0 aliphatic rings. The first kappa shape index (κ1) is 28.8. The maximum atomic E-state index is 3.97. The first-order chi connectivity index (χ1) is 9.74. The fourth-order valence-electron chi connectivity index (χ4n) is 0.820. The van der Waals surface area contributed by atoms with Crippen LogP contribution in [-0.2, 0) is 21.7 Å². The second-order valence-corrected chi connectivity index (χ2v) is 3.18. The summed E-state index contributed by atoms with van der Waals surface area (Å²) in [6, 6.07) is 0. The Bertz CT molecular complexity index is 160. The number of hydrogen-bond acceptors (Lipinski definition) is 2. The molecule has 0 spiro atoms. The zero-order valence-corrected chi connectivity index (χ0v) is 16.1. The molecular formula is C14H32N6Ti. The molecule has 0 aromatic carbocycles. The summed E-state index contributed by atoms with van der Waals surface area (Å²) >= 11 is 0. The van der Waals surface area contributed by atoms with E-state index in [2.05, 4.69) is 31.1 Å². The average molecular weight is 332 g/mol. The van der Waals surface area contributed by atoms with Crippen molar-refractivity contribution in [3.05, 3.63) is 28.6 Å². The summed E-state index contributed by atoms with van der Waals surface area (Å²) in [5.74, 6) is 0. The minimum absolute atomic E-state index is 0. The number of aromatic nitrogens is 3. The summed E-state index contributed by atoms with van der Waals surface area (Å²) < 4.78 is 0. The van der Waals surface area contributed by atoms with Gasteiger partial charge in [0, 0.05) is 6.33 Å². The first-order valence-corrected chi connectivity index (χ1v) is 7.37. The Morgan fingerprint density at radius 3 is 1.10 bits per heavy atom. The van der Waals surface area contributed by atoms with E-state index in [-0.39, 0.29) is 21.7 Å². The second-order valence-electron chi connectivity index (χ2n) is 3.18. The molecule has 0 fully saturated rings. The molecule has 0 aliphatic carbocycles. The van der Waals surface area contributed by atoms with E-state index < -0.39 is 0 Å². The Morgan fingerprint density at radius 1 is 0.714 bits per heavy atom. The Balaban J connectivity index is -0.0000000903. The minimum Gasteiger partial charge on any atom is -0.663 e. The van der Waals surface area contributed by atoms with Crippen LogP contribution in [0.25, 0.3) is 16.0 Å². The average Bonchev–Trinajstić information content (AvgIpc) is 3.02. The molecule has 1 rings (SSSR count). The Kier molecular flexibility index (Phi) is 50.4. The number of nitrogens with zero attached hydrogens (tertiary/aromatic N) is 6. The summed E-state index contributed by atoms with van der Waals surface area (Å²) in [4.78, 5) is 3.50. The Labute approximate surface area is 146 Å². The molecule has 1 heterocycles. The smallest absolute Gasteiger partial charge is 0.663 e. The molecule has 0 saturated carbocycles. The van der Waals surface area contributed by atoms with Gasteiger partial charge in [0.05, 0.1) is 0 Å². The van der Waals surface area contributed by atoms with Gasteiger partial charge in [-0.25, -0.2) is 0 Å². The van der Waals surface area contributed by atoms with Gasteiger partial charge in [0.25, 0.3) is 0 Å². The maximum Gasteiger partial charge on any atom is 4.00 e. The zero-order chi connectivity index (χ0) is 15.9. The molecule has 1 aromatic rings. The van der Waals surface area contributed by atoms with E-state index in [9.17, 15) is 0 Å². The van der Waals surface area contributed by atoms with Crippen LogP contribution in [0.5, 0.6) is 0 Å².